The van der Waals surface area contributed by atoms with Crippen LogP contribution >= 0.6 is 12.4 Å². The van der Waals surface area contributed by atoms with Crippen LogP contribution in [0.25, 0.3) is 0 Å². The van der Waals surface area contributed by atoms with Crippen LogP contribution in [0.2, 0.25) is 0 Å². The van der Waals surface area contributed by atoms with E-state index in [9.17, 15) is 13.6 Å². The highest BCUT2D eigenvalue weighted by Gasteiger charge is 2.31. The van der Waals surface area contributed by atoms with Crippen molar-refractivity contribution in [1.82, 2.24) is 5.32 Å². The number of ether oxygens (including phenoxy) is 1. The lowest BCUT2D eigenvalue weighted by Gasteiger charge is -2.21. The molecule has 3 atom stereocenters. The van der Waals surface area contributed by atoms with Crippen molar-refractivity contribution in [3.8, 4) is 0 Å². The molecule has 1 aromatic carbocycles. The van der Waals surface area contributed by atoms with Crippen molar-refractivity contribution in [2.75, 3.05) is 6.54 Å². The van der Waals surface area contributed by atoms with Crippen LogP contribution < -0.4 is 11.1 Å². The molecule has 130 valence electrons. The number of halogens is 3. The number of hydrogen-bond donors (Lipinski definition) is 2. The maximum absolute atomic E-state index is 13.9. The summed E-state index contributed by atoms with van der Waals surface area (Å²) in [6.45, 7) is 2.33. The largest absolute Gasteiger partial charge is 0.364 e. The second kappa shape index (κ2) is 9.15. The lowest BCUT2D eigenvalue weighted by Crippen LogP contribution is -2.38. The fourth-order valence-corrected chi connectivity index (χ4v) is 2.71. The fourth-order valence-electron chi connectivity index (χ4n) is 2.71. The van der Waals surface area contributed by atoms with E-state index in [4.69, 9.17) is 10.5 Å². The zero-order valence-electron chi connectivity index (χ0n) is 13.1. The van der Waals surface area contributed by atoms with Crippen LogP contribution in [0.5, 0.6) is 0 Å². The Labute approximate surface area is 141 Å². The summed E-state index contributed by atoms with van der Waals surface area (Å²) >= 11 is 0. The summed E-state index contributed by atoms with van der Waals surface area (Å²) in [5.41, 5.74) is 5.82. The Bertz CT molecular complexity index is 531. The summed E-state index contributed by atoms with van der Waals surface area (Å²) < 4.78 is 32.5. The molecular formula is C16H23ClF2N2O2. The fraction of sp³-hybridized carbons (Fsp3) is 0.562. The molecule has 0 aliphatic carbocycles. The Morgan fingerprint density at radius 3 is 2.74 bits per heavy atom. The van der Waals surface area contributed by atoms with E-state index in [-0.39, 0.29) is 24.4 Å². The first-order valence-electron chi connectivity index (χ1n) is 7.66. The van der Waals surface area contributed by atoms with Gasteiger partial charge in [-0.25, -0.2) is 8.78 Å². The van der Waals surface area contributed by atoms with Crippen molar-refractivity contribution < 1.29 is 18.3 Å². The first kappa shape index (κ1) is 19.8. The topological polar surface area (TPSA) is 64.4 Å². The van der Waals surface area contributed by atoms with E-state index >= 15 is 0 Å². The molecule has 1 aliphatic heterocycles. The predicted molar refractivity (Wildman–Crippen MR) is 86.3 cm³/mol. The molecule has 1 amide bonds. The quantitative estimate of drug-likeness (QED) is 0.830. The SMILES string of the molecule is CCCC(NC(=O)[C@@H]1CC[C@H](CN)O1)c1ccc(F)cc1F.Cl. The first-order valence-corrected chi connectivity index (χ1v) is 7.66. The van der Waals surface area contributed by atoms with Crippen LogP contribution in [0.3, 0.4) is 0 Å². The van der Waals surface area contributed by atoms with Gasteiger partial charge >= 0.3 is 0 Å². The van der Waals surface area contributed by atoms with Gasteiger partial charge in [0.15, 0.2) is 0 Å². The van der Waals surface area contributed by atoms with Gasteiger partial charge in [0.05, 0.1) is 12.1 Å². The van der Waals surface area contributed by atoms with Crippen LogP contribution in [0.15, 0.2) is 18.2 Å². The standard InChI is InChI=1S/C16H22F2N2O2.ClH/c1-2-3-14(12-6-4-10(17)8-13(12)18)20-16(21)15-7-5-11(9-19)22-15;/h4,6,8,11,14-15H,2-3,5,7,9,19H2,1H3,(H,20,21);1H/t11-,14?,15+;/m1./s1. The number of benzene rings is 1. The summed E-state index contributed by atoms with van der Waals surface area (Å²) in [6, 6.07) is 2.92. The highest BCUT2D eigenvalue weighted by molar-refractivity contribution is 5.85. The number of amides is 1. The molecule has 0 saturated carbocycles. The molecule has 1 unspecified atom stereocenters. The summed E-state index contributed by atoms with van der Waals surface area (Å²) in [5, 5.41) is 2.81. The van der Waals surface area contributed by atoms with E-state index < -0.39 is 23.8 Å². The molecule has 1 heterocycles. The number of rotatable bonds is 6. The van der Waals surface area contributed by atoms with Gasteiger partial charge < -0.3 is 15.8 Å². The summed E-state index contributed by atoms with van der Waals surface area (Å²) in [7, 11) is 0. The van der Waals surface area contributed by atoms with E-state index in [0.717, 1.165) is 18.9 Å². The van der Waals surface area contributed by atoms with Gasteiger partial charge in [0.25, 0.3) is 0 Å². The average Bonchev–Trinajstić information content (AvgIpc) is 2.96. The number of carbonyl (C=O) groups is 1. The van der Waals surface area contributed by atoms with E-state index in [2.05, 4.69) is 5.32 Å². The zero-order valence-corrected chi connectivity index (χ0v) is 13.9. The molecule has 0 bridgehead atoms. The highest BCUT2D eigenvalue weighted by Crippen LogP contribution is 2.24. The third kappa shape index (κ3) is 5.12. The zero-order chi connectivity index (χ0) is 16.1. The third-order valence-electron chi connectivity index (χ3n) is 3.89. The Morgan fingerprint density at radius 2 is 2.17 bits per heavy atom. The van der Waals surface area contributed by atoms with Crippen molar-refractivity contribution in [2.24, 2.45) is 5.73 Å². The minimum atomic E-state index is -0.647. The number of hydrogen-bond acceptors (Lipinski definition) is 3. The van der Waals surface area contributed by atoms with Crippen LogP contribution in [-0.4, -0.2) is 24.7 Å². The molecule has 1 fully saturated rings. The molecule has 0 aromatic heterocycles. The normalized spacial score (nSPS) is 21.6. The molecular weight excluding hydrogens is 326 g/mol. The molecule has 3 N–H and O–H groups in total. The number of carbonyl (C=O) groups excluding carboxylic acids is 1. The van der Waals surface area contributed by atoms with E-state index in [1.807, 2.05) is 6.92 Å². The summed E-state index contributed by atoms with van der Waals surface area (Å²) in [5.74, 6) is -1.54. The Hall–Kier alpha value is -1.24. The van der Waals surface area contributed by atoms with Gasteiger partial charge in [-0.2, -0.15) is 0 Å². The van der Waals surface area contributed by atoms with Gasteiger partial charge in [0.1, 0.15) is 17.7 Å². The van der Waals surface area contributed by atoms with Crippen molar-refractivity contribution >= 4 is 18.3 Å². The molecule has 0 radical (unpaired) electrons. The van der Waals surface area contributed by atoms with Crippen molar-refractivity contribution in [2.45, 2.75) is 50.9 Å². The molecule has 2 rings (SSSR count). The van der Waals surface area contributed by atoms with Gasteiger partial charge in [0, 0.05) is 18.2 Å². The lowest BCUT2D eigenvalue weighted by atomic mass is 10.0. The molecule has 0 spiro atoms. The van der Waals surface area contributed by atoms with Crippen molar-refractivity contribution in [3.05, 3.63) is 35.4 Å². The minimum absolute atomic E-state index is 0. The van der Waals surface area contributed by atoms with Crippen LogP contribution in [0.4, 0.5) is 8.78 Å². The summed E-state index contributed by atoms with van der Waals surface area (Å²) in [4.78, 5) is 12.3. The van der Waals surface area contributed by atoms with Crippen molar-refractivity contribution in [3.63, 3.8) is 0 Å². The minimum Gasteiger partial charge on any atom is -0.364 e. The number of nitrogens with two attached hydrogens (primary N) is 1. The molecule has 4 nitrogen and oxygen atoms in total. The second-order valence-electron chi connectivity index (χ2n) is 5.58. The predicted octanol–water partition coefficient (Wildman–Crippen LogP) is 2.85. The Balaban J connectivity index is 0.00000264. The van der Waals surface area contributed by atoms with E-state index in [0.29, 0.717) is 24.9 Å². The van der Waals surface area contributed by atoms with Gasteiger partial charge in [-0.3, -0.25) is 4.79 Å². The summed E-state index contributed by atoms with van der Waals surface area (Å²) in [6.07, 6.45) is 2.05. The van der Waals surface area contributed by atoms with E-state index in [1.54, 1.807) is 0 Å². The average molecular weight is 349 g/mol. The highest BCUT2D eigenvalue weighted by atomic mass is 35.5. The van der Waals surface area contributed by atoms with E-state index in [1.165, 1.54) is 12.1 Å². The third-order valence-corrected chi connectivity index (χ3v) is 3.89. The molecule has 7 heteroatoms. The van der Waals surface area contributed by atoms with Crippen LogP contribution in [0, 0.1) is 11.6 Å². The Morgan fingerprint density at radius 1 is 1.43 bits per heavy atom. The lowest BCUT2D eigenvalue weighted by molar-refractivity contribution is -0.132. The molecule has 1 aromatic rings. The smallest absolute Gasteiger partial charge is 0.249 e. The maximum atomic E-state index is 13.9. The molecule has 23 heavy (non-hydrogen) atoms. The first-order chi connectivity index (χ1) is 10.5. The van der Waals surface area contributed by atoms with Gasteiger partial charge in [-0.05, 0) is 25.3 Å². The molecule has 1 saturated heterocycles. The molecule has 1 aliphatic rings. The monoisotopic (exact) mass is 348 g/mol. The van der Waals surface area contributed by atoms with Gasteiger partial charge in [-0.1, -0.05) is 19.4 Å². The van der Waals surface area contributed by atoms with Crippen LogP contribution in [0.1, 0.15) is 44.2 Å². The van der Waals surface area contributed by atoms with Gasteiger partial charge in [-0.15, -0.1) is 12.4 Å². The maximum Gasteiger partial charge on any atom is 0.249 e. The Kier molecular flexibility index (Phi) is 7.88. The van der Waals surface area contributed by atoms with Crippen molar-refractivity contribution in [1.29, 1.82) is 0 Å². The van der Waals surface area contributed by atoms with Crippen LogP contribution in [-0.2, 0) is 9.53 Å². The van der Waals surface area contributed by atoms with Gasteiger partial charge in [0.2, 0.25) is 5.91 Å². The number of nitrogens with one attached hydrogen (secondary N) is 1. The second-order valence-corrected chi connectivity index (χ2v) is 5.58.